The van der Waals surface area contributed by atoms with Crippen LogP contribution < -0.4 is 10.6 Å². The molecule has 1 heterocycles. The van der Waals surface area contributed by atoms with Crippen LogP contribution in [0.2, 0.25) is 0 Å². The molecule has 2 aromatic rings. The maximum atomic E-state index is 12.2. The monoisotopic (exact) mass is 301 g/mol. The molecule has 0 saturated carbocycles. The maximum Gasteiger partial charge on any atom is 0.257 e. The predicted molar refractivity (Wildman–Crippen MR) is 87.3 cm³/mol. The third-order valence-corrected chi connectivity index (χ3v) is 4.67. The van der Waals surface area contributed by atoms with Crippen LogP contribution in [0.3, 0.4) is 0 Å². The quantitative estimate of drug-likeness (QED) is 0.905. The highest BCUT2D eigenvalue weighted by Gasteiger charge is 2.16. The van der Waals surface area contributed by atoms with E-state index >= 15 is 0 Å². The van der Waals surface area contributed by atoms with Crippen molar-refractivity contribution >= 4 is 28.1 Å². The number of anilines is 2. The molecular formula is C16H19N3OS. The van der Waals surface area contributed by atoms with Gasteiger partial charge in [0, 0.05) is 22.7 Å². The van der Waals surface area contributed by atoms with E-state index in [2.05, 4.69) is 15.6 Å². The van der Waals surface area contributed by atoms with Gasteiger partial charge in [-0.1, -0.05) is 0 Å². The zero-order valence-electron chi connectivity index (χ0n) is 12.1. The molecule has 0 fully saturated rings. The molecule has 0 aliphatic heterocycles. The lowest BCUT2D eigenvalue weighted by Gasteiger charge is -2.06. The molecule has 1 amide bonds. The zero-order valence-corrected chi connectivity index (χ0v) is 12.9. The van der Waals surface area contributed by atoms with Crippen LogP contribution in [0, 0.1) is 0 Å². The van der Waals surface area contributed by atoms with Gasteiger partial charge in [-0.05, 0) is 56.9 Å². The van der Waals surface area contributed by atoms with Crippen LogP contribution in [0.15, 0.2) is 24.3 Å². The van der Waals surface area contributed by atoms with Crippen molar-refractivity contribution in [3.05, 3.63) is 40.4 Å². The van der Waals surface area contributed by atoms with Crippen LogP contribution in [0.1, 0.15) is 40.7 Å². The molecule has 4 nitrogen and oxygen atoms in total. The number of amides is 1. The third-order valence-electron chi connectivity index (χ3n) is 3.59. The van der Waals surface area contributed by atoms with Gasteiger partial charge in [0.15, 0.2) is 5.13 Å². The van der Waals surface area contributed by atoms with Crippen LogP contribution in [0.25, 0.3) is 0 Å². The Hall–Kier alpha value is -1.88. The van der Waals surface area contributed by atoms with E-state index in [1.165, 1.54) is 23.4 Å². The lowest BCUT2D eigenvalue weighted by Crippen LogP contribution is -2.11. The van der Waals surface area contributed by atoms with Crippen LogP contribution in [-0.4, -0.2) is 17.4 Å². The molecule has 0 unspecified atom stereocenters. The molecule has 0 saturated heterocycles. The van der Waals surface area contributed by atoms with E-state index in [-0.39, 0.29) is 5.91 Å². The van der Waals surface area contributed by atoms with Crippen molar-refractivity contribution in [3.8, 4) is 0 Å². The Morgan fingerprint density at radius 3 is 2.71 bits per heavy atom. The number of aromatic nitrogens is 1. The number of carbonyl (C=O) groups is 1. The second kappa shape index (κ2) is 6.26. The highest BCUT2D eigenvalue weighted by atomic mass is 32.1. The summed E-state index contributed by atoms with van der Waals surface area (Å²) in [6, 6.07) is 7.51. The molecule has 0 spiro atoms. The van der Waals surface area contributed by atoms with E-state index in [1.807, 2.05) is 31.2 Å². The number of aryl methyl sites for hydroxylation is 2. The summed E-state index contributed by atoms with van der Waals surface area (Å²) in [6.07, 6.45) is 4.57. The number of rotatable bonds is 4. The Balaban J connectivity index is 1.69. The van der Waals surface area contributed by atoms with E-state index in [9.17, 15) is 4.79 Å². The first-order chi connectivity index (χ1) is 10.3. The molecule has 0 bridgehead atoms. The molecule has 1 aromatic heterocycles. The van der Waals surface area contributed by atoms with Crippen molar-refractivity contribution in [2.24, 2.45) is 0 Å². The van der Waals surface area contributed by atoms with Gasteiger partial charge in [-0.3, -0.25) is 10.1 Å². The van der Waals surface area contributed by atoms with E-state index in [4.69, 9.17) is 0 Å². The molecule has 3 rings (SSSR count). The average Bonchev–Trinajstić information content (AvgIpc) is 2.90. The Morgan fingerprint density at radius 1 is 1.24 bits per heavy atom. The molecule has 1 aromatic carbocycles. The summed E-state index contributed by atoms with van der Waals surface area (Å²) >= 11 is 1.61. The molecule has 21 heavy (non-hydrogen) atoms. The van der Waals surface area contributed by atoms with E-state index < -0.39 is 0 Å². The van der Waals surface area contributed by atoms with Gasteiger partial charge < -0.3 is 5.32 Å². The Labute approximate surface area is 128 Å². The van der Waals surface area contributed by atoms with Crippen molar-refractivity contribution in [3.63, 3.8) is 0 Å². The van der Waals surface area contributed by atoms with Gasteiger partial charge in [0.1, 0.15) is 0 Å². The predicted octanol–water partition coefficient (Wildman–Crippen LogP) is 3.71. The number of fused-ring (bicyclic) bond motifs is 1. The number of thiazole rings is 1. The van der Waals surface area contributed by atoms with Gasteiger partial charge in [0.2, 0.25) is 0 Å². The topological polar surface area (TPSA) is 54.0 Å². The van der Waals surface area contributed by atoms with Crippen molar-refractivity contribution < 1.29 is 4.79 Å². The smallest absolute Gasteiger partial charge is 0.257 e. The standard InChI is InChI=1S/C16H19N3OS/c1-2-17-12-9-7-11(8-10-12)15(20)19-16-18-13-5-3-4-6-14(13)21-16/h7-10,17H,2-6H2,1H3,(H,18,19,20). The molecule has 5 heteroatoms. The maximum absolute atomic E-state index is 12.2. The Morgan fingerprint density at radius 2 is 2.00 bits per heavy atom. The largest absolute Gasteiger partial charge is 0.385 e. The Bertz CT molecular complexity index is 610. The van der Waals surface area contributed by atoms with Crippen molar-refractivity contribution in [1.82, 2.24) is 4.98 Å². The normalized spacial score (nSPS) is 13.6. The number of hydrogen-bond acceptors (Lipinski definition) is 4. The fourth-order valence-corrected chi connectivity index (χ4v) is 3.56. The molecule has 0 radical (unpaired) electrons. The third kappa shape index (κ3) is 3.24. The van der Waals surface area contributed by atoms with E-state index in [0.717, 1.165) is 30.2 Å². The summed E-state index contributed by atoms with van der Waals surface area (Å²) in [7, 11) is 0. The molecule has 110 valence electrons. The second-order valence-electron chi connectivity index (χ2n) is 5.16. The highest BCUT2D eigenvalue weighted by Crippen LogP contribution is 2.29. The van der Waals surface area contributed by atoms with Crippen molar-refractivity contribution in [1.29, 1.82) is 0 Å². The highest BCUT2D eigenvalue weighted by molar-refractivity contribution is 7.15. The number of nitrogens with zero attached hydrogens (tertiary/aromatic N) is 1. The fourth-order valence-electron chi connectivity index (χ4n) is 2.52. The summed E-state index contributed by atoms with van der Waals surface area (Å²) in [5.41, 5.74) is 2.85. The van der Waals surface area contributed by atoms with Crippen LogP contribution in [-0.2, 0) is 12.8 Å². The lowest BCUT2D eigenvalue weighted by atomic mass is 10.0. The first kappa shape index (κ1) is 14.1. The zero-order chi connectivity index (χ0) is 14.7. The van der Waals surface area contributed by atoms with Gasteiger partial charge in [-0.2, -0.15) is 0 Å². The molecule has 1 aliphatic rings. The Kier molecular flexibility index (Phi) is 4.20. The van der Waals surface area contributed by atoms with E-state index in [1.54, 1.807) is 11.3 Å². The summed E-state index contributed by atoms with van der Waals surface area (Å²) in [5, 5.41) is 6.85. The van der Waals surface area contributed by atoms with Crippen molar-refractivity contribution in [2.45, 2.75) is 32.6 Å². The average molecular weight is 301 g/mol. The number of nitrogens with one attached hydrogen (secondary N) is 2. The van der Waals surface area contributed by atoms with Gasteiger partial charge in [-0.15, -0.1) is 11.3 Å². The van der Waals surface area contributed by atoms with Crippen molar-refractivity contribution in [2.75, 3.05) is 17.2 Å². The van der Waals surface area contributed by atoms with Gasteiger partial charge in [0.05, 0.1) is 5.69 Å². The minimum Gasteiger partial charge on any atom is -0.385 e. The summed E-state index contributed by atoms with van der Waals surface area (Å²) < 4.78 is 0. The van der Waals surface area contributed by atoms with Crippen LogP contribution in [0.5, 0.6) is 0 Å². The summed E-state index contributed by atoms with van der Waals surface area (Å²) in [4.78, 5) is 18.1. The number of benzene rings is 1. The van der Waals surface area contributed by atoms with Gasteiger partial charge >= 0.3 is 0 Å². The molecule has 0 atom stereocenters. The molecule has 2 N–H and O–H groups in total. The van der Waals surface area contributed by atoms with Gasteiger partial charge in [0.25, 0.3) is 5.91 Å². The minimum absolute atomic E-state index is 0.0934. The lowest BCUT2D eigenvalue weighted by molar-refractivity contribution is 0.102. The van der Waals surface area contributed by atoms with Gasteiger partial charge in [-0.25, -0.2) is 4.98 Å². The van der Waals surface area contributed by atoms with Crippen LogP contribution in [0.4, 0.5) is 10.8 Å². The minimum atomic E-state index is -0.0934. The summed E-state index contributed by atoms with van der Waals surface area (Å²) in [5.74, 6) is -0.0934. The number of hydrogen-bond donors (Lipinski definition) is 2. The van der Waals surface area contributed by atoms with E-state index in [0.29, 0.717) is 5.56 Å². The molecule has 1 aliphatic carbocycles. The number of carbonyl (C=O) groups excluding carboxylic acids is 1. The second-order valence-corrected chi connectivity index (χ2v) is 6.24. The fraction of sp³-hybridized carbons (Fsp3) is 0.375. The summed E-state index contributed by atoms with van der Waals surface area (Å²) in [6.45, 7) is 2.92. The first-order valence-electron chi connectivity index (χ1n) is 7.40. The van der Waals surface area contributed by atoms with Crippen LogP contribution >= 0.6 is 11.3 Å². The first-order valence-corrected chi connectivity index (χ1v) is 8.22. The molecular weight excluding hydrogens is 282 g/mol. The SMILES string of the molecule is CCNc1ccc(C(=O)Nc2nc3c(s2)CCCC3)cc1.